The summed E-state index contributed by atoms with van der Waals surface area (Å²) in [7, 11) is 1.14. The van der Waals surface area contributed by atoms with Crippen LogP contribution in [0.3, 0.4) is 0 Å². The third-order valence-corrected chi connectivity index (χ3v) is 4.67. The Bertz CT molecular complexity index is 571. The Hall–Kier alpha value is -1.01. The Morgan fingerprint density at radius 3 is 2.32 bits per heavy atom. The van der Waals surface area contributed by atoms with E-state index in [1.54, 1.807) is 13.2 Å². The van der Waals surface area contributed by atoms with Crippen LogP contribution in [0.2, 0.25) is 5.02 Å². The van der Waals surface area contributed by atoms with Crippen molar-refractivity contribution < 1.29 is 14.0 Å². The highest BCUT2D eigenvalue weighted by atomic mass is 35.5. The van der Waals surface area contributed by atoms with Gasteiger partial charge in [0.25, 0.3) is 0 Å². The number of rotatable bonds is 4. The van der Waals surface area contributed by atoms with Gasteiger partial charge in [-0.1, -0.05) is 17.7 Å². The highest BCUT2D eigenvalue weighted by Crippen LogP contribution is 2.39. The van der Waals surface area contributed by atoms with E-state index in [-0.39, 0.29) is 0 Å². The SMILES string of the molecule is COc1ccc(C=C(CN)B2OC(C)(C)C(C)(C)O2)c(Cl)c1. The molecule has 1 aromatic rings. The fraction of sp³-hybridized carbons (Fsp3) is 0.500. The standard InChI is InChI=1S/C16H23BClNO3/c1-15(2)16(3,4)22-17(21-15)12(10-19)8-11-6-7-13(20-5)9-14(11)18/h6-9H,10,19H2,1-5H3. The first kappa shape index (κ1) is 17.4. The van der Waals surface area contributed by atoms with E-state index in [2.05, 4.69) is 0 Å². The molecule has 0 atom stereocenters. The van der Waals surface area contributed by atoms with Crippen molar-refractivity contribution in [3.8, 4) is 5.75 Å². The zero-order valence-electron chi connectivity index (χ0n) is 13.8. The molecule has 1 fully saturated rings. The zero-order valence-corrected chi connectivity index (χ0v) is 14.5. The second kappa shape index (κ2) is 6.24. The summed E-state index contributed by atoms with van der Waals surface area (Å²) < 4.78 is 17.2. The van der Waals surface area contributed by atoms with Gasteiger partial charge >= 0.3 is 7.12 Å². The van der Waals surface area contributed by atoms with Crippen molar-refractivity contribution in [1.29, 1.82) is 0 Å². The lowest BCUT2D eigenvalue weighted by atomic mass is 9.77. The number of nitrogens with two attached hydrogens (primary N) is 1. The van der Waals surface area contributed by atoms with E-state index in [1.165, 1.54) is 0 Å². The lowest BCUT2D eigenvalue weighted by Crippen LogP contribution is -2.41. The summed E-state index contributed by atoms with van der Waals surface area (Å²) in [6, 6.07) is 5.52. The van der Waals surface area contributed by atoms with Crippen LogP contribution in [0.4, 0.5) is 0 Å². The van der Waals surface area contributed by atoms with Gasteiger partial charge in [0.2, 0.25) is 0 Å². The number of hydrogen-bond acceptors (Lipinski definition) is 4. The van der Waals surface area contributed by atoms with E-state index in [9.17, 15) is 0 Å². The minimum absolute atomic E-state index is 0.333. The van der Waals surface area contributed by atoms with Gasteiger partial charge in [-0.25, -0.2) is 0 Å². The van der Waals surface area contributed by atoms with Crippen LogP contribution in [0.25, 0.3) is 6.08 Å². The summed E-state index contributed by atoms with van der Waals surface area (Å²) in [4.78, 5) is 0. The molecule has 0 amide bonds. The molecule has 120 valence electrons. The van der Waals surface area contributed by atoms with Crippen LogP contribution in [0, 0.1) is 0 Å². The largest absolute Gasteiger partial charge is 0.497 e. The number of halogens is 1. The fourth-order valence-corrected chi connectivity index (χ4v) is 2.39. The molecule has 0 unspecified atom stereocenters. The minimum Gasteiger partial charge on any atom is -0.497 e. The van der Waals surface area contributed by atoms with Crippen LogP contribution in [-0.2, 0) is 9.31 Å². The van der Waals surface area contributed by atoms with Crippen molar-refractivity contribution in [2.75, 3.05) is 13.7 Å². The van der Waals surface area contributed by atoms with Gasteiger partial charge in [0.15, 0.2) is 0 Å². The van der Waals surface area contributed by atoms with Gasteiger partial charge in [0.1, 0.15) is 5.75 Å². The molecular weight excluding hydrogens is 300 g/mol. The van der Waals surface area contributed by atoms with Crippen molar-refractivity contribution >= 4 is 24.8 Å². The molecule has 0 radical (unpaired) electrons. The van der Waals surface area contributed by atoms with Crippen LogP contribution in [0.5, 0.6) is 5.75 Å². The number of hydrogen-bond donors (Lipinski definition) is 1. The summed E-state index contributed by atoms with van der Waals surface area (Å²) >= 11 is 6.28. The number of benzene rings is 1. The van der Waals surface area contributed by atoms with Crippen LogP contribution in [0.1, 0.15) is 33.3 Å². The molecule has 1 aliphatic rings. The van der Waals surface area contributed by atoms with Gasteiger partial charge in [0, 0.05) is 6.54 Å². The minimum atomic E-state index is -0.465. The van der Waals surface area contributed by atoms with Crippen molar-refractivity contribution in [1.82, 2.24) is 0 Å². The molecule has 1 aromatic carbocycles. The van der Waals surface area contributed by atoms with Gasteiger partial charge in [-0.2, -0.15) is 0 Å². The third-order valence-electron chi connectivity index (χ3n) is 4.34. The topological polar surface area (TPSA) is 53.7 Å². The Morgan fingerprint density at radius 2 is 1.86 bits per heavy atom. The maximum absolute atomic E-state index is 6.28. The van der Waals surface area contributed by atoms with Crippen molar-refractivity contribution in [2.45, 2.75) is 38.9 Å². The Labute approximate surface area is 137 Å². The summed E-state index contributed by atoms with van der Waals surface area (Å²) in [5.74, 6) is 0.715. The molecule has 0 aromatic heterocycles. The van der Waals surface area contributed by atoms with E-state index in [4.69, 9.17) is 31.4 Å². The van der Waals surface area contributed by atoms with Crippen molar-refractivity contribution in [3.63, 3.8) is 0 Å². The van der Waals surface area contributed by atoms with Crippen molar-refractivity contribution in [2.24, 2.45) is 5.73 Å². The maximum atomic E-state index is 6.28. The smallest absolute Gasteiger partial charge is 0.491 e. The molecule has 1 aliphatic heterocycles. The lowest BCUT2D eigenvalue weighted by Gasteiger charge is -2.32. The monoisotopic (exact) mass is 323 g/mol. The average Bonchev–Trinajstić information content (AvgIpc) is 2.65. The van der Waals surface area contributed by atoms with Crippen LogP contribution in [-0.4, -0.2) is 32.0 Å². The number of ether oxygens (including phenoxy) is 1. The quantitative estimate of drug-likeness (QED) is 0.864. The molecule has 2 N–H and O–H groups in total. The fourth-order valence-electron chi connectivity index (χ4n) is 2.17. The van der Waals surface area contributed by atoms with E-state index in [0.29, 0.717) is 17.3 Å². The molecule has 0 spiro atoms. The molecule has 0 bridgehead atoms. The molecule has 22 heavy (non-hydrogen) atoms. The highest BCUT2D eigenvalue weighted by molar-refractivity contribution is 6.56. The second-order valence-corrected chi connectivity index (χ2v) is 6.81. The predicted molar refractivity (Wildman–Crippen MR) is 91.1 cm³/mol. The first-order valence-corrected chi connectivity index (χ1v) is 7.67. The van der Waals surface area contributed by atoms with E-state index >= 15 is 0 Å². The Morgan fingerprint density at radius 1 is 1.27 bits per heavy atom. The molecule has 1 saturated heterocycles. The molecular formula is C16H23BClNO3. The van der Waals surface area contributed by atoms with Gasteiger partial charge in [-0.05, 0) is 56.9 Å². The molecule has 2 rings (SSSR count). The summed E-state index contributed by atoms with van der Waals surface area (Å²) in [5, 5.41) is 0.599. The highest BCUT2D eigenvalue weighted by Gasteiger charge is 2.52. The zero-order chi connectivity index (χ0) is 16.5. The van der Waals surface area contributed by atoms with Crippen molar-refractivity contribution in [3.05, 3.63) is 34.3 Å². The van der Waals surface area contributed by atoms with Gasteiger partial charge in [-0.15, -0.1) is 0 Å². The third kappa shape index (κ3) is 3.33. The number of methoxy groups -OCH3 is 1. The van der Waals surface area contributed by atoms with Gasteiger partial charge in [0.05, 0.1) is 23.3 Å². The maximum Gasteiger partial charge on any atom is 0.491 e. The van der Waals surface area contributed by atoms with Crippen LogP contribution in [0.15, 0.2) is 23.7 Å². The summed E-state index contributed by atoms with van der Waals surface area (Å²) in [5.41, 5.74) is 6.81. The molecule has 1 heterocycles. The second-order valence-electron chi connectivity index (χ2n) is 6.40. The van der Waals surface area contributed by atoms with E-state index in [1.807, 2.05) is 45.9 Å². The molecule has 6 heteroatoms. The molecule has 4 nitrogen and oxygen atoms in total. The molecule has 0 saturated carbocycles. The molecule has 0 aliphatic carbocycles. The van der Waals surface area contributed by atoms with Crippen LogP contribution < -0.4 is 10.5 Å². The first-order chi connectivity index (χ1) is 10.2. The predicted octanol–water partition coefficient (Wildman–Crippen LogP) is 3.32. The Balaban J connectivity index is 2.29. The lowest BCUT2D eigenvalue weighted by molar-refractivity contribution is 0.00578. The van der Waals surface area contributed by atoms with Gasteiger partial charge < -0.3 is 19.8 Å². The Kier molecular flexibility index (Phi) is 4.92. The normalized spacial score (nSPS) is 20.3. The summed E-state index contributed by atoms with van der Waals surface area (Å²) in [6.45, 7) is 8.39. The first-order valence-electron chi connectivity index (χ1n) is 7.30. The van der Waals surface area contributed by atoms with Crippen LogP contribution >= 0.6 is 11.6 Å². The van der Waals surface area contributed by atoms with E-state index in [0.717, 1.165) is 11.0 Å². The van der Waals surface area contributed by atoms with Gasteiger partial charge in [-0.3, -0.25) is 0 Å². The summed E-state index contributed by atoms with van der Waals surface area (Å²) in [6.07, 6.45) is 1.92. The average molecular weight is 324 g/mol. The van der Waals surface area contributed by atoms with E-state index < -0.39 is 18.3 Å².